The molecule has 1 aromatic carbocycles. The Hall–Kier alpha value is -1.03. The average Bonchev–Trinajstić information content (AvgIpc) is 2.33. The normalized spacial score (nSPS) is 13.6. The molecule has 0 aliphatic heterocycles. The molecule has 1 unspecified atom stereocenters. The lowest BCUT2D eigenvalue weighted by molar-refractivity contribution is -0.135. The van der Waals surface area contributed by atoms with Crippen molar-refractivity contribution in [1.29, 1.82) is 0 Å². The first-order valence-corrected chi connectivity index (χ1v) is 6.38. The Kier molecular flexibility index (Phi) is 6.19. The van der Waals surface area contributed by atoms with Crippen molar-refractivity contribution in [1.82, 2.24) is 5.32 Å². The maximum Gasteiger partial charge on any atom is 0.389 e. The summed E-state index contributed by atoms with van der Waals surface area (Å²) in [7, 11) is 0. The van der Waals surface area contributed by atoms with Gasteiger partial charge in [-0.2, -0.15) is 13.2 Å². The molecule has 0 radical (unpaired) electrons. The molecule has 0 spiro atoms. The number of hydrogen-bond donors (Lipinski definition) is 1. The van der Waals surface area contributed by atoms with Gasteiger partial charge >= 0.3 is 6.18 Å². The summed E-state index contributed by atoms with van der Waals surface area (Å²) in [5.74, 6) is 0. The van der Waals surface area contributed by atoms with Gasteiger partial charge in [0.15, 0.2) is 0 Å². The molecule has 0 heterocycles. The van der Waals surface area contributed by atoms with Gasteiger partial charge in [0.2, 0.25) is 0 Å². The van der Waals surface area contributed by atoms with Gasteiger partial charge in [-0.15, -0.1) is 0 Å². The van der Waals surface area contributed by atoms with E-state index in [1.807, 2.05) is 30.3 Å². The number of nitrogens with one attached hydrogen (secondary N) is 1. The fourth-order valence-corrected chi connectivity index (χ4v) is 1.93. The zero-order valence-corrected chi connectivity index (χ0v) is 10.6. The van der Waals surface area contributed by atoms with E-state index in [0.29, 0.717) is 6.54 Å². The van der Waals surface area contributed by atoms with Crippen LogP contribution in [0.4, 0.5) is 13.2 Å². The molecule has 0 aliphatic carbocycles. The number of benzene rings is 1. The Morgan fingerprint density at radius 3 is 2.39 bits per heavy atom. The van der Waals surface area contributed by atoms with Crippen molar-refractivity contribution in [3.8, 4) is 0 Å². The van der Waals surface area contributed by atoms with Crippen molar-refractivity contribution in [2.75, 3.05) is 6.54 Å². The minimum Gasteiger partial charge on any atom is -0.310 e. The second-order valence-electron chi connectivity index (χ2n) is 4.42. The maximum atomic E-state index is 12.0. The highest BCUT2D eigenvalue weighted by atomic mass is 19.4. The molecule has 0 amide bonds. The van der Waals surface area contributed by atoms with Crippen LogP contribution in [0.3, 0.4) is 0 Å². The summed E-state index contributed by atoms with van der Waals surface area (Å²) in [5, 5.41) is 3.21. The van der Waals surface area contributed by atoms with E-state index in [9.17, 15) is 13.2 Å². The van der Waals surface area contributed by atoms with Gasteiger partial charge in [0.25, 0.3) is 0 Å². The van der Waals surface area contributed by atoms with E-state index in [0.717, 1.165) is 18.4 Å². The number of rotatable bonds is 7. The fraction of sp³-hybridized carbons (Fsp3) is 0.571. The molecule has 1 nitrogen and oxygen atoms in total. The van der Waals surface area contributed by atoms with Crippen LogP contribution in [0.5, 0.6) is 0 Å². The Balaban J connectivity index is 2.40. The van der Waals surface area contributed by atoms with Gasteiger partial charge in [0.1, 0.15) is 0 Å². The first-order chi connectivity index (χ1) is 8.53. The van der Waals surface area contributed by atoms with Crippen LogP contribution in [-0.4, -0.2) is 12.7 Å². The average molecular weight is 259 g/mol. The lowest BCUT2D eigenvalue weighted by Crippen LogP contribution is -2.23. The van der Waals surface area contributed by atoms with Crippen molar-refractivity contribution in [3.63, 3.8) is 0 Å². The van der Waals surface area contributed by atoms with Gasteiger partial charge in [-0.25, -0.2) is 0 Å². The van der Waals surface area contributed by atoms with Crippen molar-refractivity contribution in [3.05, 3.63) is 35.9 Å². The molecule has 18 heavy (non-hydrogen) atoms. The zero-order chi connectivity index (χ0) is 13.4. The summed E-state index contributed by atoms with van der Waals surface area (Å²) in [5.41, 5.74) is 1.14. The minimum atomic E-state index is -4.05. The van der Waals surface area contributed by atoms with Crippen molar-refractivity contribution in [2.45, 2.75) is 44.8 Å². The quantitative estimate of drug-likeness (QED) is 0.713. The molecule has 1 rings (SSSR count). The molecule has 0 aromatic heterocycles. The summed E-state index contributed by atoms with van der Waals surface area (Å²) >= 11 is 0. The summed E-state index contributed by atoms with van der Waals surface area (Å²) in [4.78, 5) is 0. The van der Waals surface area contributed by atoms with E-state index in [-0.39, 0.29) is 12.5 Å². The number of halogens is 3. The molecular formula is C14H20F3N. The monoisotopic (exact) mass is 259 g/mol. The third-order valence-corrected chi connectivity index (χ3v) is 2.81. The van der Waals surface area contributed by atoms with Crippen LogP contribution in [0.15, 0.2) is 30.3 Å². The summed E-state index contributed by atoms with van der Waals surface area (Å²) in [6.07, 6.45) is -2.68. The number of alkyl halides is 3. The van der Waals surface area contributed by atoms with E-state index >= 15 is 0 Å². The SMILES string of the molecule is CCCC(NCCCC(F)(F)F)c1ccccc1. The lowest BCUT2D eigenvalue weighted by Gasteiger charge is -2.18. The van der Waals surface area contributed by atoms with Gasteiger partial charge in [0, 0.05) is 12.5 Å². The molecule has 1 aromatic rings. The first-order valence-electron chi connectivity index (χ1n) is 6.38. The van der Waals surface area contributed by atoms with Crippen LogP contribution in [0, 0.1) is 0 Å². The molecule has 1 N–H and O–H groups in total. The molecule has 0 aliphatic rings. The Morgan fingerprint density at radius 2 is 1.83 bits per heavy atom. The zero-order valence-electron chi connectivity index (χ0n) is 10.6. The smallest absolute Gasteiger partial charge is 0.310 e. The third-order valence-electron chi connectivity index (χ3n) is 2.81. The van der Waals surface area contributed by atoms with E-state index in [2.05, 4.69) is 12.2 Å². The molecule has 0 saturated heterocycles. The Labute approximate surface area is 106 Å². The number of hydrogen-bond acceptors (Lipinski definition) is 1. The van der Waals surface area contributed by atoms with Gasteiger partial charge < -0.3 is 5.32 Å². The van der Waals surface area contributed by atoms with E-state index in [1.165, 1.54) is 0 Å². The maximum absolute atomic E-state index is 12.0. The molecule has 4 heteroatoms. The predicted octanol–water partition coefficient (Wildman–Crippen LogP) is 4.46. The van der Waals surface area contributed by atoms with Crippen molar-refractivity contribution < 1.29 is 13.2 Å². The highest BCUT2D eigenvalue weighted by Gasteiger charge is 2.26. The van der Waals surface area contributed by atoms with Gasteiger partial charge in [0.05, 0.1) is 0 Å². The van der Waals surface area contributed by atoms with Crippen LogP contribution in [-0.2, 0) is 0 Å². The highest BCUT2D eigenvalue weighted by Crippen LogP contribution is 2.22. The predicted molar refractivity (Wildman–Crippen MR) is 67.4 cm³/mol. The standard InChI is InChI=1S/C14H20F3N/c1-2-7-13(12-8-4-3-5-9-12)18-11-6-10-14(15,16)17/h3-5,8-9,13,18H,2,6-7,10-11H2,1H3. The van der Waals surface area contributed by atoms with Gasteiger partial charge in [-0.3, -0.25) is 0 Å². The molecule has 0 saturated carbocycles. The third kappa shape index (κ3) is 6.05. The van der Waals surface area contributed by atoms with Crippen molar-refractivity contribution >= 4 is 0 Å². The molecule has 0 bridgehead atoms. The Morgan fingerprint density at radius 1 is 1.17 bits per heavy atom. The molecule has 102 valence electrons. The van der Waals surface area contributed by atoms with Crippen LogP contribution in [0.2, 0.25) is 0 Å². The van der Waals surface area contributed by atoms with Crippen LogP contribution in [0.25, 0.3) is 0 Å². The minimum absolute atomic E-state index is 0.135. The molecule has 0 fully saturated rings. The summed E-state index contributed by atoms with van der Waals surface area (Å²) in [6, 6.07) is 10.0. The second kappa shape index (κ2) is 7.41. The fourth-order valence-electron chi connectivity index (χ4n) is 1.93. The van der Waals surface area contributed by atoms with Gasteiger partial charge in [-0.1, -0.05) is 43.7 Å². The van der Waals surface area contributed by atoms with E-state index < -0.39 is 12.6 Å². The highest BCUT2D eigenvalue weighted by molar-refractivity contribution is 5.18. The first kappa shape index (κ1) is 15.0. The van der Waals surface area contributed by atoms with Gasteiger partial charge in [-0.05, 0) is 24.9 Å². The second-order valence-corrected chi connectivity index (χ2v) is 4.42. The van der Waals surface area contributed by atoms with Crippen LogP contribution < -0.4 is 5.32 Å². The van der Waals surface area contributed by atoms with E-state index in [1.54, 1.807) is 0 Å². The Bertz CT molecular complexity index is 322. The topological polar surface area (TPSA) is 12.0 Å². The van der Waals surface area contributed by atoms with Crippen LogP contribution >= 0.6 is 0 Å². The molecular weight excluding hydrogens is 239 g/mol. The lowest BCUT2D eigenvalue weighted by atomic mass is 10.0. The van der Waals surface area contributed by atoms with Crippen LogP contribution in [0.1, 0.15) is 44.2 Å². The summed E-state index contributed by atoms with van der Waals surface area (Å²) < 4.78 is 36.1. The summed E-state index contributed by atoms with van der Waals surface area (Å²) in [6.45, 7) is 2.48. The molecule has 1 atom stereocenters. The largest absolute Gasteiger partial charge is 0.389 e. The van der Waals surface area contributed by atoms with E-state index in [4.69, 9.17) is 0 Å². The van der Waals surface area contributed by atoms with Crippen molar-refractivity contribution in [2.24, 2.45) is 0 Å².